The second-order valence-corrected chi connectivity index (χ2v) is 8.87. The summed E-state index contributed by atoms with van der Waals surface area (Å²) < 4.78 is 8.10. The molecular weight excluding hydrogens is 422 g/mol. The minimum Gasteiger partial charge on any atom is -0.483 e. The topological polar surface area (TPSA) is 55.6 Å². The van der Waals surface area contributed by atoms with Crippen LogP contribution in [0.5, 0.6) is 5.75 Å². The number of para-hydroxylation sites is 1. The van der Waals surface area contributed by atoms with E-state index in [4.69, 9.17) is 4.74 Å². The zero-order chi connectivity index (χ0) is 24.1. The molecule has 0 atom stereocenters. The van der Waals surface area contributed by atoms with Gasteiger partial charge in [-0.25, -0.2) is 5.43 Å². The zero-order valence-electron chi connectivity index (χ0n) is 20.2. The summed E-state index contributed by atoms with van der Waals surface area (Å²) >= 11 is 0. The largest absolute Gasteiger partial charge is 0.483 e. The molecule has 4 rings (SSSR count). The average Bonchev–Trinajstić information content (AvgIpc) is 3.09. The van der Waals surface area contributed by atoms with Gasteiger partial charge in [-0.3, -0.25) is 4.79 Å². The van der Waals surface area contributed by atoms with Crippen LogP contribution < -0.4 is 10.2 Å². The molecule has 0 saturated carbocycles. The van der Waals surface area contributed by atoms with Gasteiger partial charge in [0.2, 0.25) is 0 Å². The van der Waals surface area contributed by atoms with Crippen LogP contribution in [0.1, 0.15) is 47.7 Å². The Morgan fingerprint density at radius 1 is 1.03 bits per heavy atom. The Morgan fingerprint density at radius 2 is 1.76 bits per heavy atom. The molecule has 1 N–H and O–H groups in total. The minimum atomic E-state index is -0.293. The third kappa shape index (κ3) is 5.20. The molecule has 1 heterocycles. The fourth-order valence-corrected chi connectivity index (χ4v) is 4.18. The number of aryl methyl sites for hydroxylation is 1. The molecule has 0 aliphatic carbocycles. The van der Waals surface area contributed by atoms with Gasteiger partial charge in [0, 0.05) is 28.7 Å². The van der Waals surface area contributed by atoms with Gasteiger partial charge in [-0.1, -0.05) is 74.5 Å². The van der Waals surface area contributed by atoms with Crippen LogP contribution in [0.15, 0.2) is 77.9 Å². The average molecular weight is 454 g/mol. The molecule has 5 heteroatoms. The van der Waals surface area contributed by atoms with Crippen LogP contribution in [-0.2, 0) is 11.3 Å². The van der Waals surface area contributed by atoms with E-state index in [2.05, 4.69) is 84.4 Å². The second-order valence-electron chi connectivity index (χ2n) is 8.87. The number of hydrazone groups is 1. The number of nitrogens with zero attached hydrogens (tertiary/aromatic N) is 2. The second kappa shape index (κ2) is 10.4. The fourth-order valence-electron chi connectivity index (χ4n) is 4.18. The van der Waals surface area contributed by atoms with Crippen LogP contribution in [0.3, 0.4) is 0 Å². The standard InChI is InChI=1S/C29H31N3O2/c1-20(2)24-15-14-21(3)16-28(24)34-19-29(33)31-30-17-26-22(4)32(18-23-10-6-5-7-11-23)27-13-9-8-12-25(26)27/h5-17,20H,18-19H2,1-4H3,(H,31,33)/b30-17-. The summed E-state index contributed by atoms with van der Waals surface area (Å²) in [7, 11) is 0. The molecule has 0 radical (unpaired) electrons. The van der Waals surface area contributed by atoms with Crippen LogP contribution in [0, 0.1) is 13.8 Å². The third-order valence-corrected chi connectivity index (χ3v) is 6.00. The van der Waals surface area contributed by atoms with E-state index in [-0.39, 0.29) is 12.5 Å². The highest BCUT2D eigenvalue weighted by Gasteiger charge is 2.13. The highest BCUT2D eigenvalue weighted by atomic mass is 16.5. The maximum Gasteiger partial charge on any atom is 0.277 e. The van der Waals surface area contributed by atoms with E-state index in [9.17, 15) is 4.79 Å². The third-order valence-electron chi connectivity index (χ3n) is 6.00. The van der Waals surface area contributed by atoms with Crippen molar-refractivity contribution in [1.29, 1.82) is 0 Å². The number of carbonyl (C=O) groups excluding carboxylic acids is 1. The Labute approximate surface area is 201 Å². The highest BCUT2D eigenvalue weighted by Crippen LogP contribution is 2.28. The molecular formula is C29H31N3O2. The molecule has 174 valence electrons. The molecule has 0 saturated heterocycles. The Balaban J connectivity index is 1.47. The van der Waals surface area contributed by atoms with Gasteiger partial charge >= 0.3 is 0 Å². The van der Waals surface area contributed by atoms with Crippen molar-refractivity contribution in [1.82, 2.24) is 9.99 Å². The SMILES string of the molecule is Cc1ccc(C(C)C)c(OCC(=O)N/N=C\c2c(C)n(Cc3ccccc3)c3ccccc23)c1. The fraction of sp³-hybridized carbons (Fsp3) is 0.241. The van der Waals surface area contributed by atoms with Crippen molar-refractivity contribution in [2.24, 2.45) is 5.10 Å². The van der Waals surface area contributed by atoms with Gasteiger partial charge in [0.05, 0.1) is 6.21 Å². The van der Waals surface area contributed by atoms with Gasteiger partial charge in [-0.05, 0) is 48.6 Å². The van der Waals surface area contributed by atoms with E-state index < -0.39 is 0 Å². The summed E-state index contributed by atoms with van der Waals surface area (Å²) in [6, 6.07) is 24.7. The Bertz CT molecular complexity index is 1320. The molecule has 1 aromatic heterocycles. The predicted molar refractivity (Wildman–Crippen MR) is 139 cm³/mol. The lowest BCUT2D eigenvalue weighted by molar-refractivity contribution is -0.123. The molecule has 3 aromatic carbocycles. The van der Waals surface area contributed by atoms with Crippen molar-refractivity contribution in [2.75, 3.05) is 6.61 Å². The summed E-state index contributed by atoms with van der Waals surface area (Å²) in [4.78, 5) is 12.4. The highest BCUT2D eigenvalue weighted by molar-refractivity contribution is 6.01. The predicted octanol–water partition coefficient (Wildman–Crippen LogP) is 5.96. The number of fused-ring (bicyclic) bond motifs is 1. The molecule has 0 aliphatic rings. The molecule has 0 aliphatic heterocycles. The van der Waals surface area contributed by atoms with Crippen LogP contribution in [0.2, 0.25) is 0 Å². The zero-order valence-corrected chi connectivity index (χ0v) is 20.2. The molecule has 0 fully saturated rings. The first-order valence-corrected chi connectivity index (χ1v) is 11.6. The van der Waals surface area contributed by atoms with Crippen LogP contribution >= 0.6 is 0 Å². The number of hydrogen-bond acceptors (Lipinski definition) is 3. The van der Waals surface area contributed by atoms with Gasteiger partial charge in [-0.2, -0.15) is 5.10 Å². The van der Waals surface area contributed by atoms with Crippen molar-refractivity contribution >= 4 is 23.0 Å². The summed E-state index contributed by atoms with van der Waals surface area (Å²) in [5, 5.41) is 5.35. The van der Waals surface area contributed by atoms with Crippen molar-refractivity contribution in [2.45, 2.75) is 40.2 Å². The molecule has 0 bridgehead atoms. The lowest BCUT2D eigenvalue weighted by Crippen LogP contribution is -2.25. The maximum absolute atomic E-state index is 12.4. The lowest BCUT2D eigenvalue weighted by atomic mass is 10.0. The van der Waals surface area contributed by atoms with Gasteiger partial charge < -0.3 is 9.30 Å². The summed E-state index contributed by atoms with van der Waals surface area (Å²) in [5.41, 5.74) is 9.26. The monoisotopic (exact) mass is 453 g/mol. The minimum absolute atomic E-state index is 0.0880. The molecule has 4 aromatic rings. The van der Waals surface area contributed by atoms with Crippen LogP contribution in [0.4, 0.5) is 0 Å². The Hall–Kier alpha value is -3.86. The van der Waals surface area contributed by atoms with Crippen LogP contribution in [-0.4, -0.2) is 23.3 Å². The molecule has 1 amide bonds. The van der Waals surface area contributed by atoms with Crippen molar-refractivity contribution in [3.8, 4) is 5.75 Å². The number of aromatic nitrogens is 1. The molecule has 0 unspecified atom stereocenters. The lowest BCUT2D eigenvalue weighted by Gasteiger charge is -2.14. The number of amides is 1. The first-order valence-electron chi connectivity index (χ1n) is 11.6. The smallest absolute Gasteiger partial charge is 0.277 e. The Kier molecular flexibility index (Phi) is 7.12. The number of hydrogen-bond donors (Lipinski definition) is 1. The van der Waals surface area contributed by atoms with Gasteiger partial charge in [0.15, 0.2) is 6.61 Å². The maximum atomic E-state index is 12.4. The van der Waals surface area contributed by atoms with E-state index in [0.29, 0.717) is 5.92 Å². The van der Waals surface area contributed by atoms with Gasteiger partial charge in [0.25, 0.3) is 5.91 Å². The quantitative estimate of drug-likeness (QED) is 0.264. The number of nitrogens with one attached hydrogen (secondary N) is 1. The van der Waals surface area contributed by atoms with Gasteiger partial charge in [-0.15, -0.1) is 0 Å². The number of carbonyl (C=O) groups is 1. The van der Waals surface area contributed by atoms with E-state index in [0.717, 1.165) is 45.6 Å². The normalized spacial score (nSPS) is 11.4. The summed E-state index contributed by atoms with van der Waals surface area (Å²) in [5.74, 6) is 0.764. The van der Waals surface area contributed by atoms with Crippen molar-refractivity contribution in [3.63, 3.8) is 0 Å². The molecule has 5 nitrogen and oxygen atoms in total. The molecule has 34 heavy (non-hydrogen) atoms. The van der Waals surface area contributed by atoms with Gasteiger partial charge in [0.1, 0.15) is 5.75 Å². The summed E-state index contributed by atoms with van der Waals surface area (Å²) in [6.45, 7) is 9.00. The van der Waals surface area contributed by atoms with Crippen LogP contribution in [0.25, 0.3) is 10.9 Å². The molecule has 0 spiro atoms. The van der Waals surface area contributed by atoms with E-state index in [1.54, 1.807) is 6.21 Å². The van der Waals surface area contributed by atoms with Crippen molar-refractivity contribution in [3.05, 3.63) is 101 Å². The van der Waals surface area contributed by atoms with E-state index in [1.165, 1.54) is 5.56 Å². The number of rotatable bonds is 8. The first-order chi connectivity index (χ1) is 16.4. The van der Waals surface area contributed by atoms with E-state index in [1.807, 2.05) is 31.2 Å². The Morgan fingerprint density at radius 3 is 2.53 bits per heavy atom. The van der Waals surface area contributed by atoms with Crippen molar-refractivity contribution < 1.29 is 9.53 Å². The first kappa shape index (κ1) is 23.3. The number of benzene rings is 3. The number of ether oxygens (including phenoxy) is 1. The van der Waals surface area contributed by atoms with E-state index >= 15 is 0 Å². The summed E-state index contributed by atoms with van der Waals surface area (Å²) in [6.07, 6.45) is 1.73.